The number of anilines is 3. The van der Waals surface area contributed by atoms with E-state index < -0.39 is 18.3 Å². The normalized spacial score (nSPS) is 11.0. The zero-order valence-corrected chi connectivity index (χ0v) is 16.9. The number of carbonyl (C=O) groups is 2. The van der Waals surface area contributed by atoms with Crippen molar-refractivity contribution in [2.75, 3.05) is 16.0 Å². The first-order chi connectivity index (χ1) is 14.7. The monoisotopic (exact) mass is 450 g/mol. The van der Waals surface area contributed by atoms with Crippen LogP contribution >= 0.6 is 11.3 Å². The van der Waals surface area contributed by atoms with Crippen molar-refractivity contribution >= 4 is 39.8 Å². The predicted molar refractivity (Wildman–Crippen MR) is 111 cm³/mol. The lowest BCUT2D eigenvalue weighted by Gasteiger charge is -2.09. The van der Waals surface area contributed by atoms with Crippen LogP contribution in [0, 0.1) is 6.92 Å². The van der Waals surface area contributed by atoms with Gasteiger partial charge in [0, 0.05) is 16.8 Å². The minimum atomic E-state index is -4.78. The summed E-state index contributed by atoms with van der Waals surface area (Å²) in [4.78, 5) is 28.4. The molecule has 31 heavy (non-hydrogen) atoms. The van der Waals surface area contributed by atoms with Gasteiger partial charge < -0.3 is 15.4 Å². The van der Waals surface area contributed by atoms with Crippen LogP contribution in [0.1, 0.15) is 11.3 Å². The van der Waals surface area contributed by atoms with Gasteiger partial charge in [-0.05, 0) is 48.9 Å². The summed E-state index contributed by atoms with van der Waals surface area (Å²) in [5.74, 6) is -0.796. The topological polar surface area (TPSA) is 92.4 Å². The number of ether oxygens (including phenoxy) is 1. The molecule has 3 rings (SSSR count). The molecule has 0 atom stereocenters. The number of nitrogens with zero attached hydrogens (tertiary/aromatic N) is 1. The molecule has 2 aromatic carbocycles. The third kappa shape index (κ3) is 7.30. The van der Waals surface area contributed by atoms with Crippen LogP contribution in [0.4, 0.5) is 34.5 Å². The Balaban J connectivity index is 1.49. The lowest BCUT2D eigenvalue weighted by molar-refractivity contribution is -0.274. The van der Waals surface area contributed by atoms with Crippen molar-refractivity contribution in [3.63, 3.8) is 0 Å². The number of nitrogens with one attached hydrogen (secondary N) is 3. The van der Waals surface area contributed by atoms with Crippen LogP contribution in [0.15, 0.2) is 53.9 Å². The van der Waals surface area contributed by atoms with E-state index >= 15 is 0 Å². The molecule has 0 bridgehead atoms. The quantitative estimate of drug-likeness (QED) is 0.483. The molecule has 162 valence electrons. The number of urea groups is 1. The molecular weight excluding hydrogens is 433 g/mol. The van der Waals surface area contributed by atoms with E-state index in [1.54, 1.807) is 11.4 Å². The third-order valence-corrected chi connectivity index (χ3v) is 4.57. The number of amides is 3. The summed E-state index contributed by atoms with van der Waals surface area (Å²) in [5.41, 5.74) is 2.39. The maximum absolute atomic E-state index is 12.2. The molecule has 0 aliphatic rings. The molecule has 0 saturated heterocycles. The summed E-state index contributed by atoms with van der Waals surface area (Å²) in [6.07, 6.45) is -4.85. The minimum Gasteiger partial charge on any atom is -0.406 e. The van der Waals surface area contributed by atoms with Crippen molar-refractivity contribution in [3.05, 3.63) is 65.2 Å². The number of hydrogen-bond donors (Lipinski definition) is 3. The Morgan fingerprint density at radius 2 is 1.77 bits per heavy atom. The van der Waals surface area contributed by atoms with E-state index in [1.165, 1.54) is 12.1 Å². The van der Waals surface area contributed by atoms with Gasteiger partial charge in [-0.25, -0.2) is 9.78 Å². The van der Waals surface area contributed by atoms with E-state index in [2.05, 4.69) is 25.7 Å². The molecule has 3 aromatic rings. The number of alkyl halides is 3. The Hall–Kier alpha value is -3.60. The summed E-state index contributed by atoms with van der Waals surface area (Å²) in [6.45, 7) is 1.91. The van der Waals surface area contributed by atoms with E-state index in [1.807, 2.05) is 25.1 Å². The number of rotatable bonds is 6. The molecule has 0 aliphatic heterocycles. The van der Waals surface area contributed by atoms with Crippen molar-refractivity contribution in [1.29, 1.82) is 0 Å². The third-order valence-electron chi connectivity index (χ3n) is 3.76. The fourth-order valence-corrected chi connectivity index (χ4v) is 3.24. The SMILES string of the molecule is Cc1cccc(NC(=O)Nc2nc(CC(=O)Nc3ccc(OC(F)(F)F)cc3)cs2)c1. The van der Waals surface area contributed by atoms with Gasteiger partial charge in [0.1, 0.15) is 5.75 Å². The summed E-state index contributed by atoms with van der Waals surface area (Å²) in [6, 6.07) is 11.6. The molecular formula is C20H17F3N4O3S. The van der Waals surface area contributed by atoms with Crippen molar-refractivity contribution in [3.8, 4) is 5.75 Å². The number of halogens is 3. The van der Waals surface area contributed by atoms with E-state index in [-0.39, 0.29) is 12.2 Å². The summed E-state index contributed by atoms with van der Waals surface area (Å²) in [5, 5.41) is 9.79. The number of carbonyl (C=O) groups excluding carboxylic acids is 2. The van der Waals surface area contributed by atoms with Crippen LogP contribution in [0.25, 0.3) is 0 Å². The predicted octanol–water partition coefficient (Wildman–Crippen LogP) is 5.18. The van der Waals surface area contributed by atoms with Crippen LogP contribution in [0.5, 0.6) is 5.75 Å². The molecule has 0 aliphatic carbocycles. The first-order valence-electron chi connectivity index (χ1n) is 8.91. The van der Waals surface area contributed by atoms with Gasteiger partial charge in [0.25, 0.3) is 0 Å². The highest BCUT2D eigenvalue weighted by atomic mass is 32.1. The fraction of sp³-hybridized carbons (Fsp3) is 0.150. The first-order valence-corrected chi connectivity index (χ1v) is 9.79. The van der Waals surface area contributed by atoms with E-state index in [9.17, 15) is 22.8 Å². The minimum absolute atomic E-state index is 0.0710. The van der Waals surface area contributed by atoms with Crippen LogP contribution in [0.2, 0.25) is 0 Å². The summed E-state index contributed by atoms with van der Waals surface area (Å²) >= 11 is 1.16. The lowest BCUT2D eigenvalue weighted by Crippen LogP contribution is -2.19. The maximum Gasteiger partial charge on any atom is 0.573 e. The molecule has 0 unspecified atom stereocenters. The molecule has 3 amide bonds. The Morgan fingerprint density at radius 3 is 2.45 bits per heavy atom. The van der Waals surface area contributed by atoms with Crippen molar-refractivity contribution in [2.45, 2.75) is 19.7 Å². The smallest absolute Gasteiger partial charge is 0.406 e. The molecule has 7 nitrogen and oxygen atoms in total. The van der Waals surface area contributed by atoms with Gasteiger partial charge in [-0.15, -0.1) is 24.5 Å². The summed E-state index contributed by atoms with van der Waals surface area (Å²) < 4.78 is 40.3. The second kappa shape index (κ2) is 9.47. The average molecular weight is 450 g/mol. The van der Waals surface area contributed by atoms with E-state index in [0.717, 1.165) is 29.0 Å². The van der Waals surface area contributed by atoms with Crippen molar-refractivity contribution in [1.82, 2.24) is 4.98 Å². The molecule has 3 N–H and O–H groups in total. The number of aromatic nitrogens is 1. The molecule has 0 spiro atoms. The van der Waals surface area contributed by atoms with Crippen LogP contribution in [0.3, 0.4) is 0 Å². The molecule has 11 heteroatoms. The van der Waals surface area contributed by atoms with Gasteiger partial charge in [-0.1, -0.05) is 12.1 Å². The largest absolute Gasteiger partial charge is 0.573 e. The molecule has 0 fully saturated rings. The van der Waals surface area contributed by atoms with Gasteiger partial charge in [-0.3, -0.25) is 10.1 Å². The number of hydrogen-bond acceptors (Lipinski definition) is 5. The Kier molecular flexibility index (Phi) is 6.75. The second-order valence-electron chi connectivity index (χ2n) is 6.39. The van der Waals surface area contributed by atoms with Gasteiger partial charge >= 0.3 is 12.4 Å². The fourth-order valence-electron chi connectivity index (χ4n) is 2.54. The van der Waals surface area contributed by atoms with Crippen LogP contribution < -0.4 is 20.7 Å². The van der Waals surface area contributed by atoms with E-state index in [4.69, 9.17) is 0 Å². The second-order valence-corrected chi connectivity index (χ2v) is 7.25. The zero-order chi connectivity index (χ0) is 22.4. The Bertz CT molecular complexity index is 1070. The number of benzene rings is 2. The Labute approximate surface area is 179 Å². The highest BCUT2D eigenvalue weighted by molar-refractivity contribution is 7.14. The first kappa shape index (κ1) is 22.1. The molecule has 1 aromatic heterocycles. The van der Waals surface area contributed by atoms with Crippen molar-refractivity contribution in [2.24, 2.45) is 0 Å². The zero-order valence-electron chi connectivity index (χ0n) is 16.1. The highest BCUT2D eigenvalue weighted by Crippen LogP contribution is 2.24. The van der Waals surface area contributed by atoms with Crippen molar-refractivity contribution < 1.29 is 27.5 Å². The van der Waals surface area contributed by atoms with Gasteiger partial charge in [0.2, 0.25) is 5.91 Å². The molecule has 0 saturated carbocycles. The average Bonchev–Trinajstić information content (AvgIpc) is 3.08. The van der Waals surface area contributed by atoms with Gasteiger partial charge in [0.15, 0.2) is 5.13 Å². The van der Waals surface area contributed by atoms with E-state index in [0.29, 0.717) is 22.2 Å². The highest BCUT2D eigenvalue weighted by Gasteiger charge is 2.30. The Morgan fingerprint density at radius 1 is 1.03 bits per heavy atom. The van der Waals surface area contributed by atoms with Gasteiger partial charge in [-0.2, -0.15) is 0 Å². The standard InChI is InChI=1S/C20H17F3N4O3S/c1-12-3-2-4-14(9-12)25-18(29)27-19-26-15(11-31-19)10-17(28)24-13-5-7-16(8-6-13)30-20(21,22)23/h2-9,11H,10H2,1H3,(H,24,28)(H2,25,26,27,29). The molecule has 1 heterocycles. The maximum atomic E-state index is 12.2. The van der Waals surface area contributed by atoms with Crippen LogP contribution in [-0.2, 0) is 11.2 Å². The summed E-state index contributed by atoms with van der Waals surface area (Å²) in [7, 11) is 0. The number of aryl methyl sites for hydroxylation is 1. The van der Waals surface area contributed by atoms with Gasteiger partial charge in [0.05, 0.1) is 12.1 Å². The van der Waals surface area contributed by atoms with Crippen LogP contribution in [-0.4, -0.2) is 23.3 Å². The molecule has 0 radical (unpaired) electrons. The number of thiazole rings is 1. The lowest BCUT2D eigenvalue weighted by atomic mass is 10.2.